The lowest BCUT2D eigenvalue weighted by molar-refractivity contribution is -0.120. The number of carbonyl (C=O) groups excluding carboxylic acids is 1. The normalized spacial score (nSPS) is 26.9. The molecule has 1 aliphatic heterocycles. The Bertz CT molecular complexity index is 642. The molecule has 1 fully saturated rings. The van der Waals surface area contributed by atoms with Crippen molar-refractivity contribution in [2.75, 3.05) is 5.73 Å². The number of hydrogen-bond donors (Lipinski definition) is 1. The van der Waals surface area contributed by atoms with Crippen LogP contribution in [0.3, 0.4) is 0 Å². The van der Waals surface area contributed by atoms with Crippen LogP contribution in [0.4, 0.5) is 10.2 Å². The lowest BCUT2D eigenvalue weighted by Crippen LogP contribution is -2.15. The van der Waals surface area contributed by atoms with E-state index in [9.17, 15) is 9.18 Å². The molecule has 1 saturated heterocycles. The molecule has 3 atom stereocenters. The number of anilines is 1. The highest BCUT2D eigenvalue weighted by Gasteiger charge is 2.34. The van der Waals surface area contributed by atoms with Crippen molar-refractivity contribution >= 4 is 23.1 Å². The van der Waals surface area contributed by atoms with Gasteiger partial charge in [-0.2, -0.15) is 0 Å². The van der Waals surface area contributed by atoms with Crippen molar-refractivity contribution in [3.63, 3.8) is 0 Å². The SMILES string of the molecule is C[C@H]1C[C@H](n2cc(F)c3c(N)ncnc32)O[C@@H]1C=O. The fourth-order valence-electron chi connectivity index (χ4n) is 2.45. The van der Waals surface area contributed by atoms with Crippen LogP contribution < -0.4 is 5.73 Å². The Kier molecular flexibility index (Phi) is 2.70. The molecule has 100 valence electrons. The molecule has 0 aliphatic carbocycles. The minimum Gasteiger partial charge on any atom is -0.383 e. The van der Waals surface area contributed by atoms with E-state index in [-0.39, 0.29) is 17.1 Å². The largest absolute Gasteiger partial charge is 0.383 e. The summed E-state index contributed by atoms with van der Waals surface area (Å²) in [5.74, 6) is -0.305. The van der Waals surface area contributed by atoms with Crippen molar-refractivity contribution in [3.05, 3.63) is 18.3 Å². The van der Waals surface area contributed by atoms with Gasteiger partial charge in [0.1, 0.15) is 30.8 Å². The Hall–Kier alpha value is -2.02. The molecule has 3 heterocycles. The van der Waals surface area contributed by atoms with E-state index in [1.165, 1.54) is 12.5 Å². The highest BCUT2D eigenvalue weighted by Crippen LogP contribution is 2.35. The number of aromatic nitrogens is 3. The molecule has 0 radical (unpaired) electrons. The summed E-state index contributed by atoms with van der Waals surface area (Å²) in [4.78, 5) is 18.7. The van der Waals surface area contributed by atoms with Gasteiger partial charge in [0.2, 0.25) is 0 Å². The Labute approximate surface area is 108 Å². The van der Waals surface area contributed by atoms with Crippen LogP contribution >= 0.6 is 0 Å². The van der Waals surface area contributed by atoms with E-state index in [1.54, 1.807) is 4.57 Å². The standard InChI is InChI=1S/C12H13FN4O2/c1-6-2-9(19-8(6)4-18)17-3-7(13)10-11(14)15-5-16-12(10)17/h3-6,8-9H,2H2,1H3,(H2,14,15,16)/t6-,8+,9+/m0/s1. The second-order valence-electron chi connectivity index (χ2n) is 4.75. The molecule has 1 aliphatic rings. The first-order chi connectivity index (χ1) is 9.11. The molecule has 0 aromatic carbocycles. The molecule has 0 saturated carbocycles. The molecule has 0 unspecified atom stereocenters. The smallest absolute Gasteiger partial charge is 0.154 e. The van der Waals surface area contributed by atoms with Gasteiger partial charge in [-0.1, -0.05) is 6.92 Å². The fraction of sp³-hybridized carbons (Fsp3) is 0.417. The summed E-state index contributed by atoms with van der Waals surface area (Å²) in [7, 11) is 0. The molecule has 2 aromatic heterocycles. The van der Waals surface area contributed by atoms with Crippen molar-refractivity contribution in [1.29, 1.82) is 0 Å². The van der Waals surface area contributed by atoms with Crippen molar-refractivity contribution in [3.8, 4) is 0 Å². The van der Waals surface area contributed by atoms with E-state index in [0.29, 0.717) is 12.1 Å². The summed E-state index contributed by atoms with van der Waals surface area (Å²) in [6.07, 6.45) is 3.09. The van der Waals surface area contributed by atoms with Crippen LogP contribution in [0.25, 0.3) is 11.0 Å². The number of aldehydes is 1. The first-order valence-electron chi connectivity index (χ1n) is 5.99. The van der Waals surface area contributed by atoms with Gasteiger partial charge in [-0.15, -0.1) is 0 Å². The predicted octanol–water partition coefficient (Wildman–Crippen LogP) is 1.28. The van der Waals surface area contributed by atoms with Gasteiger partial charge >= 0.3 is 0 Å². The van der Waals surface area contributed by atoms with Crippen LogP contribution in [0, 0.1) is 11.7 Å². The molecule has 6 nitrogen and oxygen atoms in total. The molecule has 2 aromatic rings. The number of carbonyl (C=O) groups is 1. The molecule has 2 N–H and O–H groups in total. The first kappa shape index (κ1) is 12.0. The number of halogens is 1. The Morgan fingerprint density at radius 1 is 1.58 bits per heavy atom. The van der Waals surface area contributed by atoms with Crippen molar-refractivity contribution in [1.82, 2.24) is 14.5 Å². The highest BCUT2D eigenvalue weighted by molar-refractivity contribution is 5.86. The van der Waals surface area contributed by atoms with E-state index in [2.05, 4.69) is 9.97 Å². The first-order valence-corrected chi connectivity index (χ1v) is 5.99. The van der Waals surface area contributed by atoms with E-state index in [1.807, 2.05) is 6.92 Å². The van der Waals surface area contributed by atoms with Crippen LogP contribution in [0.1, 0.15) is 19.6 Å². The van der Waals surface area contributed by atoms with Crippen LogP contribution in [-0.4, -0.2) is 26.9 Å². The van der Waals surface area contributed by atoms with Gasteiger partial charge in [-0.3, -0.25) is 0 Å². The molecule has 0 bridgehead atoms. The maximum atomic E-state index is 13.9. The van der Waals surface area contributed by atoms with Crippen LogP contribution in [0.5, 0.6) is 0 Å². The Balaban J connectivity index is 2.07. The molecular weight excluding hydrogens is 251 g/mol. The summed E-state index contributed by atoms with van der Waals surface area (Å²) in [5, 5.41) is 0.188. The van der Waals surface area contributed by atoms with Gasteiger partial charge < -0.3 is 19.8 Å². The van der Waals surface area contributed by atoms with E-state index in [4.69, 9.17) is 10.5 Å². The van der Waals surface area contributed by atoms with Gasteiger partial charge in [-0.25, -0.2) is 14.4 Å². The van der Waals surface area contributed by atoms with Gasteiger partial charge in [0.05, 0.1) is 5.39 Å². The average Bonchev–Trinajstić information content (AvgIpc) is 2.91. The molecule has 7 heteroatoms. The van der Waals surface area contributed by atoms with Crippen LogP contribution in [0.2, 0.25) is 0 Å². The number of ether oxygens (including phenoxy) is 1. The third-order valence-corrected chi connectivity index (χ3v) is 3.49. The average molecular weight is 264 g/mol. The quantitative estimate of drug-likeness (QED) is 0.826. The molecular formula is C12H13FN4O2. The van der Waals surface area contributed by atoms with Crippen molar-refractivity contribution < 1.29 is 13.9 Å². The van der Waals surface area contributed by atoms with E-state index >= 15 is 0 Å². The summed E-state index contributed by atoms with van der Waals surface area (Å²) in [6.45, 7) is 1.92. The minimum atomic E-state index is -0.487. The van der Waals surface area contributed by atoms with Gasteiger partial charge in [0.15, 0.2) is 11.5 Å². The predicted molar refractivity (Wildman–Crippen MR) is 65.7 cm³/mol. The third-order valence-electron chi connectivity index (χ3n) is 3.49. The summed E-state index contributed by atoms with van der Waals surface area (Å²) in [5.41, 5.74) is 6.03. The fourth-order valence-corrected chi connectivity index (χ4v) is 2.45. The van der Waals surface area contributed by atoms with Crippen LogP contribution in [-0.2, 0) is 9.53 Å². The summed E-state index contributed by atoms with van der Waals surface area (Å²) < 4.78 is 21.1. The number of nitrogen functional groups attached to an aromatic ring is 1. The second kappa shape index (κ2) is 4.27. The Morgan fingerprint density at radius 3 is 3.05 bits per heavy atom. The van der Waals surface area contributed by atoms with E-state index < -0.39 is 18.1 Å². The summed E-state index contributed by atoms with van der Waals surface area (Å²) >= 11 is 0. The maximum Gasteiger partial charge on any atom is 0.154 e. The monoisotopic (exact) mass is 264 g/mol. The van der Waals surface area contributed by atoms with Gasteiger partial charge in [-0.05, 0) is 12.3 Å². The van der Waals surface area contributed by atoms with Crippen LogP contribution in [0.15, 0.2) is 12.5 Å². The topological polar surface area (TPSA) is 83.0 Å². The highest BCUT2D eigenvalue weighted by atomic mass is 19.1. The van der Waals surface area contributed by atoms with Gasteiger partial charge in [0.25, 0.3) is 0 Å². The number of fused-ring (bicyclic) bond motifs is 1. The van der Waals surface area contributed by atoms with E-state index in [0.717, 1.165) is 6.29 Å². The zero-order chi connectivity index (χ0) is 13.6. The lowest BCUT2D eigenvalue weighted by atomic mass is 10.0. The molecule has 19 heavy (non-hydrogen) atoms. The molecule has 0 amide bonds. The lowest BCUT2D eigenvalue weighted by Gasteiger charge is -2.13. The zero-order valence-electron chi connectivity index (χ0n) is 10.3. The molecule has 0 spiro atoms. The second-order valence-corrected chi connectivity index (χ2v) is 4.75. The van der Waals surface area contributed by atoms with Gasteiger partial charge in [0, 0.05) is 6.20 Å². The number of hydrogen-bond acceptors (Lipinski definition) is 5. The Morgan fingerprint density at radius 2 is 2.37 bits per heavy atom. The van der Waals surface area contributed by atoms with Crippen molar-refractivity contribution in [2.24, 2.45) is 5.92 Å². The third kappa shape index (κ3) is 1.77. The minimum absolute atomic E-state index is 0.0854. The number of nitrogens with two attached hydrogens (primary N) is 1. The van der Waals surface area contributed by atoms with Crippen molar-refractivity contribution in [2.45, 2.75) is 25.7 Å². The zero-order valence-corrected chi connectivity index (χ0v) is 10.3. The number of nitrogens with zero attached hydrogens (tertiary/aromatic N) is 3. The maximum absolute atomic E-state index is 13.9. The number of rotatable bonds is 2. The summed E-state index contributed by atoms with van der Waals surface area (Å²) in [6, 6.07) is 0. The molecule has 3 rings (SSSR count).